The van der Waals surface area contributed by atoms with Crippen LogP contribution < -0.4 is 0 Å². The SMILES string of the molecule is CCCCC1C(O)CCN2C[C@@H](c3ccc(Cl)cc3Cl)CCC12. The normalized spacial score (nSPS) is 31.8. The lowest BCUT2D eigenvalue weighted by Gasteiger charge is -2.49. The van der Waals surface area contributed by atoms with E-state index in [9.17, 15) is 5.11 Å². The highest BCUT2D eigenvalue weighted by Crippen LogP contribution is 2.40. The quantitative estimate of drug-likeness (QED) is 0.810. The molecule has 3 rings (SSSR count). The first-order valence-electron chi connectivity index (χ1n) is 8.97. The van der Waals surface area contributed by atoms with Crippen molar-refractivity contribution in [2.75, 3.05) is 13.1 Å². The molecule has 2 aliphatic heterocycles. The van der Waals surface area contributed by atoms with Crippen molar-refractivity contribution in [3.05, 3.63) is 33.8 Å². The lowest BCUT2D eigenvalue weighted by molar-refractivity contribution is -0.0400. The third kappa shape index (κ3) is 3.87. The monoisotopic (exact) mass is 355 g/mol. The standard InChI is InChI=1S/C19H27Cl2NO/c1-2-3-4-16-18-8-5-13(12-22(18)10-9-19(16)23)15-7-6-14(20)11-17(15)21/h6-7,11,13,16,18-19,23H,2-5,8-10,12H2,1H3/t13-,16?,18?,19?/m0/s1. The molecule has 3 unspecified atom stereocenters. The molecule has 0 radical (unpaired) electrons. The second kappa shape index (κ2) is 7.74. The minimum absolute atomic E-state index is 0.113. The lowest BCUT2D eigenvalue weighted by Crippen LogP contribution is -2.54. The Balaban J connectivity index is 1.71. The molecular formula is C19H27Cl2NO. The van der Waals surface area contributed by atoms with E-state index in [4.69, 9.17) is 23.2 Å². The van der Waals surface area contributed by atoms with Gasteiger partial charge in [0.25, 0.3) is 0 Å². The summed E-state index contributed by atoms with van der Waals surface area (Å²) in [5.74, 6) is 0.934. The molecule has 4 atom stereocenters. The lowest BCUT2D eigenvalue weighted by atomic mass is 9.76. The Labute approximate surface area is 149 Å². The van der Waals surface area contributed by atoms with Crippen LogP contribution in [0.3, 0.4) is 0 Å². The number of piperidine rings is 2. The van der Waals surface area contributed by atoms with Crippen molar-refractivity contribution in [1.82, 2.24) is 4.90 Å². The van der Waals surface area contributed by atoms with Gasteiger partial charge in [0.2, 0.25) is 0 Å². The van der Waals surface area contributed by atoms with E-state index in [1.165, 1.54) is 18.4 Å². The summed E-state index contributed by atoms with van der Waals surface area (Å²) in [4.78, 5) is 2.60. The van der Waals surface area contributed by atoms with E-state index in [2.05, 4.69) is 17.9 Å². The molecule has 0 bridgehead atoms. The van der Waals surface area contributed by atoms with Crippen molar-refractivity contribution >= 4 is 23.2 Å². The van der Waals surface area contributed by atoms with Crippen LogP contribution in [0, 0.1) is 5.92 Å². The molecule has 0 aromatic heterocycles. The van der Waals surface area contributed by atoms with Crippen molar-refractivity contribution in [3.8, 4) is 0 Å². The van der Waals surface area contributed by atoms with Gasteiger partial charge in [-0.1, -0.05) is 49.0 Å². The molecule has 1 aromatic rings. The number of rotatable bonds is 4. The molecule has 2 heterocycles. The number of benzene rings is 1. The van der Waals surface area contributed by atoms with Crippen molar-refractivity contribution < 1.29 is 5.11 Å². The smallest absolute Gasteiger partial charge is 0.0595 e. The second-order valence-corrected chi connectivity index (χ2v) is 8.01. The second-order valence-electron chi connectivity index (χ2n) is 7.16. The maximum Gasteiger partial charge on any atom is 0.0595 e. The van der Waals surface area contributed by atoms with Crippen LogP contribution in [0.25, 0.3) is 0 Å². The van der Waals surface area contributed by atoms with Gasteiger partial charge in [0, 0.05) is 35.1 Å². The summed E-state index contributed by atoms with van der Waals surface area (Å²) in [5.41, 5.74) is 1.23. The predicted molar refractivity (Wildman–Crippen MR) is 97.4 cm³/mol. The molecule has 0 aliphatic carbocycles. The Morgan fingerprint density at radius 1 is 1.22 bits per heavy atom. The van der Waals surface area contributed by atoms with Crippen LogP contribution in [0.4, 0.5) is 0 Å². The predicted octanol–water partition coefficient (Wildman–Crippen LogP) is 5.11. The molecule has 2 fully saturated rings. The van der Waals surface area contributed by atoms with Crippen LogP contribution in [-0.2, 0) is 0 Å². The fraction of sp³-hybridized carbons (Fsp3) is 0.684. The number of aliphatic hydroxyl groups is 1. The average molecular weight is 356 g/mol. The first-order valence-corrected chi connectivity index (χ1v) is 9.72. The number of nitrogens with zero attached hydrogens (tertiary/aromatic N) is 1. The minimum atomic E-state index is -0.113. The van der Waals surface area contributed by atoms with Crippen molar-refractivity contribution in [2.45, 2.75) is 63.5 Å². The van der Waals surface area contributed by atoms with E-state index in [0.29, 0.717) is 22.9 Å². The average Bonchev–Trinajstić information content (AvgIpc) is 2.53. The van der Waals surface area contributed by atoms with E-state index in [1.807, 2.05) is 12.1 Å². The third-order valence-electron chi connectivity index (χ3n) is 5.73. The number of hydrogen-bond donors (Lipinski definition) is 1. The molecule has 23 heavy (non-hydrogen) atoms. The zero-order chi connectivity index (χ0) is 16.4. The Hall–Kier alpha value is -0.280. The number of hydrogen-bond acceptors (Lipinski definition) is 2. The number of halogens is 2. The van der Waals surface area contributed by atoms with Gasteiger partial charge in [-0.3, -0.25) is 4.90 Å². The highest BCUT2D eigenvalue weighted by molar-refractivity contribution is 6.35. The summed E-state index contributed by atoms with van der Waals surface area (Å²) in [6.45, 7) is 4.30. The van der Waals surface area contributed by atoms with Crippen LogP contribution in [-0.4, -0.2) is 35.2 Å². The summed E-state index contributed by atoms with van der Waals surface area (Å²) >= 11 is 12.4. The van der Waals surface area contributed by atoms with E-state index >= 15 is 0 Å². The van der Waals surface area contributed by atoms with Crippen molar-refractivity contribution in [1.29, 1.82) is 0 Å². The first kappa shape index (κ1) is 17.5. The van der Waals surface area contributed by atoms with Gasteiger partial charge >= 0.3 is 0 Å². The van der Waals surface area contributed by atoms with Crippen molar-refractivity contribution in [2.24, 2.45) is 5.92 Å². The number of fused-ring (bicyclic) bond motifs is 1. The van der Waals surface area contributed by atoms with Crippen LogP contribution >= 0.6 is 23.2 Å². The Bertz CT molecular complexity index is 536. The number of unbranched alkanes of at least 4 members (excludes halogenated alkanes) is 1. The Morgan fingerprint density at radius 3 is 2.78 bits per heavy atom. The largest absolute Gasteiger partial charge is 0.393 e. The highest BCUT2D eigenvalue weighted by atomic mass is 35.5. The third-order valence-corrected chi connectivity index (χ3v) is 6.29. The highest BCUT2D eigenvalue weighted by Gasteiger charge is 2.40. The topological polar surface area (TPSA) is 23.5 Å². The molecule has 1 N–H and O–H groups in total. The van der Waals surface area contributed by atoms with E-state index in [1.54, 1.807) is 0 Å². The molecule has 0 amide bonds. The zero-order valence-electron chi connectivity index (χ0n) is 13.8. The molecule has 2 saturated heterocycles. The maximum absolute atomic E-state index is 10.4. The molecule has 0 saturated carbocycles. The molecule has 2 aliphatic rings. The molecule has 0 spiro atoms. The summed E-state index contributed by atoms with van der Waals surface area (Å²) in [5, 5.41) is 11.9. The van der Waals surface area contributed by atoms with Crippen LogP contribution in [0.15, 0.2) is 18.2 Å². The van der Waals surface area contributed by atoms with Crippen LogP contribution in [0.5, 0.6) is 0 Å². The van der Waals surface area contributed by atoms with Crippen LogP contribution in [0.2, 0.25) is 10.0 Å². The summed E-state index contributed by atoms with van der Waals surface area (Å²) in [7, 11) is 0. The fourth-order valence-electron chi connectivity index (χ4n) is 4.49. The van der Waals surface area contributed by atoms with Crippen molar-refractivity contribution in [3.63, 3.8) is 0 Å². The van der Waals surface area contributed by atoms with Gasteiger partial charge in [0.1, 0.15) is 0 Å². The summed E-state index contributed by atoms with van der Waals surface area (Å²) in [6.07, 6.45) is 6.69. The van der Waals surface area contributed by atoms with Gasteiger partial charge < -0.3 is 5.11 Å². The molecular weight excluding hydrogens is 329 g/mol. The van der Waals surface area contributed by atoms with Crippen LogP contribution in [0.1, 0.15) is 56.9 Å². The minimum Gasteiger partial charge on any atom is -0.393 e. The fourth-order valence-corrected chi connectivity index (χ4v) is 5.05. The van der Waals surface area contributed by atoms with Gasteiger partial charge in [-0.25, -0.2) is 0 Å². The molecule has 1 aromatic carbocycles. The Morgan fingerprint density at radius 2 is 2.04 bits per heavy atom. The number of aliphatic hydroxyl groups excluding tert-OH is 1. The van der Waals surface area contributed by atoms with E-state index < -0.39 is 0 Å². The molecule has 128 valence electrons. The van der Waals surface area contributed by atoms with Gasteiger partial charge in [-0.15, -0.1) is 0 Å². The van der Waals surface area contributed by atoms with Gasteiger partial charge in [0.05, 0.1) is 6.10 Å². The summed E-state index contributed by atoms with van der Waals surface area (Å²) in [6, 6.07) is 6.43. The first-order chi connectivity index (χ1) is 11.1. The van der Waals surface area contributed by atoms with Gasteiger partial charge in [0.15, 0.2) is 0 Å². The van der Waals surface area contributed by atoms with E-state index in [-0.39, 0.29) is 6.10 Å². The Kier molecular flexibility index (Phi) is 5.90. The van der Waals surface area contributed by atoms with Gasteiger partial charge in [-0.05, 0) is 49.3 Å². The molecule has 2 nitrogen and oxygen atoms in total. The van der Waals surface area contributed by atoms with Gasteiger partial charge in [-0.2, -0.15) is 0 Å². The maximum atomic E-state index is 10.4. The summed E-state index contributed by atoms with van der Waals surface area (Å²) < 4.78 is 0. The zero-order valence-corrected chi connectivity index (χ0v) is 15.4. The molecule has 4 heteroatoms. The van der Waals surface area contributed by atoms with E-state index in [0.717, 1.165) is 43.8 Å².